The van der Waals surface area contributed by atoms with E-state index in [1.54, 1.807) is 12.1 Å². The number of halogens is 2. The van der Waals surface area contributed by atoms with E-state index in [9.17, 15) is 4.39 Å². The molecule has 1 aromatic rings. The molecule has 0 radical (unpaired) electrons. The fourth-order valence-corrected chi connectivity index (χ4v) is 3.61. The summed E-state index contributed by atoms with van der Waals surface area (Å²) >= 11 is 5.77. The van der Waals surface area contributed by atoms with Crippen molar-refractivity contribution in [2.75, 3.05) is 0 Å². The van der Waals surface area contributed by atoms with Crippen molar-refractivity contribution >= 4 is 11.6 Å². The van der Waals surface area contributed by atoms with E-state index in [1.165, 1.54) is 6.07 Å². The molecular weight excluding hydrogens is 263 g/mol. The van der Waals surface area contributed by atoms with Crippen molar-refractivity contribution in [2.45, 2.75) is 40.2 Å². The van der Waals surface area contributed by atoms with Crippen LogP contribution in [0.4, 0.5) is 4.39 Å². The molecule has 1 aliphatic rings. The zero-order chi connectivity index (χ0) is 14.4. The summed E-state index contributed by atoms with van der Waals surface area (Å²) in [5, 5.41) is 0.422. The molecule has 0 amide bonds. The molecule has 3 N–H and O–H groups in total. The van der Waals surface area contributed by atoms with Gasteiger partial charge in [0.2, 0.25) is 0 Å². The number of nitrogens with two attached hydrogens (primary N) is 1. The van der Waals surface area contributed by atoms with Gasteiger partial charge in [-0.2, -0.15) is 0 Å². The van der Waals surface area contributed by atoms with Gasteiger partial charge in [-0.1, -0.05) is 45.4 Å². The van der Waals surface area contributed by atoms with Crippen molar-refractivity contribution in [3.05, 3.63) is 34.6 Å². The molecule has 1 unspecified atom stereocenters. The quantitative estimate of drug-likeness (QED) is 0.656. The van der Waals surface area contributed by atoms with Gasteiger partial charge in [-0.3, -0.25) is 11.3 Å². The summed E-state index contributed by atoms with van der Waals surface area (Å²) in [4.78, 5) is 0. The Labute approximate surface area is 119 Å². The molecule has 0 bridgehead atoms. The number of rotatable bonds is 4. The summed E-state index contributed by atoms with van der Waals surface area (Å²) in [6.07, 6.45) is 0.580. The van der Waals surface area contributed by atoms with Gasteiger partial charge in [0.25, 0.3) is 0 Å². The third-order valence-electron chi connectivity index (χ3n) is 5.20. The second-order valence-corrected chi connectivity index (χ2v) is 7.07. The summed E-state index contributed by atoms with van der Waals surface area (Å²) in [5.74, 6) is 5.86. The molecule has 0 saturated heterocycles. The van der Waals surface area contributed by atoms with E-state index in [-0.39, 0.29) is 22.7 Å². The molecular formula is C15H22ClFN2. The SMILES string of the molecule is CC1(C)C(C(Cc2ccc(Cl)cc2F)NN)C1(C)C. The Bertz CT molecular complexity index is 471. The molecule has 1 saturated carbocycles. The normalized spacial score (nSPS) is 22.3. The van der Waals surface area contributed by atoms with Crippen molar-refractivity contribution in [2.24, 2.45) is 22.6 Å². The van der Waals surface area contributed by atoms with Crippen molar-refractivity contribution < 1.29 is 4.39 Å². The van der Waals surface area contributed by atoms with Gasteiger partial charge in [-0.15, -0.1) is 0 Å². The van der Waals surface area contributed by atoms with Crippen LogP contribution in [0.3, 0.4) is 0 Å². The Kier molecular flexibility index (Phi) is 3.67. The Morgan fingerprint density at radius 3 is 2.32 bits per heavy atom. The number of benzene rings is 1. The van der Waals surface area contributed by atoms with Crippen molar-refractivity contribution in [1.82, 2.24) is 5.43 Å². The van der Waals surface area contributed by atoms with Gasteiger partial charge < -0.3 is 0 Å². The highest BCUT2D eigenvalue weighted by atomic mass is 35.5. The Hall–Kier alpha value is -0.640. The van der Waals surface area contributed by atoms with Crippen LogP contribution in [0.5, 0.6) is 0 Å². The average Bonchev–Trinajstić information content (AvgIpc) is 2.70. The zero-order valence-corrected chi connectivity index (χ0v) is 12.7. The van der Waals surface area contributed by atoms with Crippen LogP contribution in [-0.4, -0.2) is 6.04 Å². The molecule has 4 heteroatoms. The molecule has 0 spiro atoms. The van der Waals surface area contributed by atoms with Gasteiger partial charge in [0.1, 0.15) is 5.82 Å². The van der Waals surface area contributed by atoms with Crippen LogP contribution in [0, 0.1) is 22.6 Å². The van der Waals surface area contributed by atoms with Gasteiger partial charge >= 0.3 is 0 Å². The molecule has 2 nitrogen and oxygen atoms in total. The summed E-state index contributed by atoms with van der Waals surface area (Å²) in [6, 6.07) is 4.88. The van der Waals surface area contributed by atoms with Gasteiger partial charge in [0.15, 0.2) is 0 Å². The van der Waals surface area contributed by atoms with Crippen LogP contribution in [0.15, 0.2) is 18.2 Å². The van der Waals surface area contributed by atoms with Crippen molar-refractivity contribution in [3.8, 4) is 0 Å². The molecule has 106 valence electrons. The molecule has 1 fully saturated rings. The van der Waals surface area contributed by atoms with Crippen LogP contribution >= 0.6 is 11.6 Å². The fourth-order valence-electron chi connectivity index (χ4n) is 3.45. The maximum Gasteiger partial charge on any atom is 0.127 e. The largest absolute Gasteiger partial charge is 0.271 e. The topological polar surface area (TPSA) is 38.0 Å². The molecule has 1 aromatic carbocycles. The van der Waals surface area contributed by atoms with Crippen LogP contribution in [0.1, 0.15) is 33.3 Å². The lowest BCUT2D eigenvalue weighted by Crippen LogP contribution is -2.40. The van der Waals surface area contributed by atoms with Crippen LogP contribution < -0.4 is 11.3 Å². The second kappa shape index (κ2) is 4.72. The third kappa shape index (κ3) is 2.39. The second-order valence-electron chi connectivity index (χ2n) is 6.63. The highest BCUT2D eigenvalue weighted by Crippen LogP contribution is 2.69. The first-order chi connectivity index (χ1) is 8.71. The molecule has 2 rings (SSSR count). The van der Waals surface area contributed by atoms with E-state index >= 15 is 0 Å². The number of hydrogen-bond acceptors (Lipinski definition) is 2. The third-order valence-corrected chi connectivity index (χ3v) is 5.44. The zero-order valence-electron chi connectivity index (χ0n) is 11.9. The maximum atomic E-state index is 13.9. The summed E-state index contributed by atoms with van der Waals surface area (Å²) in [5.41, 5.74) is 3.95. The Morgan fingerprint density at radius 1 is 1.32 bits per heavy atom. The van der Waals surface area contributed by atoms with E-state index < -0.39 is 0 Å². The molecule has 1 atom stereocenters. The number of hydrogen-bond donors (Lipinski definition) is 2. The van der Waals surface area contributed by atoms with Crippen LogP contribution in [0.25, 0.3) is 0 Å². The number of nitrogens with one attached hydrogen (secondary N) is 1. The van der Waals surface area contributed by atoms with Gasteiger partial charge in [0.05, 0.1) is 0 Å². The van der Waals surface area contributed by atoms with Crippen LogP contribution in [0.2, 0.25) is 5.02 Å². The first-order valence-electron chi connectivity index (χ1n) is 6.62. The Morgan fingerprint density at radius 2 is 1.89 bits per heavy atom. The van der Waals surface area contributed by atoms with Crippen molar-refractivity contribution in [3.63, 3.8) is 0 Å². The molecule has 0 aromatic heterocycles. The lowest BCUT2D eigenvalue weighted by atomic mass is 9.97. The predicted octanol–water partition coefficient (Wildman–Crippen LogP) is 3.54. The Balaban J connectivity index is 2.17. The first-order valence-corrected chi connectivity index (χ1v) is 6.99. The van der Waals surface area contributed by atoms with E-state index in [0.717, 1.165) is 0 Å². The monoisotopic (exact) mass is 284 g/mol. The minimum absolute atomic E-state index is 0.0701. The minimum atomic E-state index is -0.260. The standard InChI is InChI=1S/C15H22ClFN2/c1-14(2)13(15(14,3)4)12(19-18)7-9-5-6-10(16)8-11(9)17/h5-6,8,12-13,19H,7,18H2,1-4H3. The molecule has 1 aliphatic carbocycles. The molecule has 0 heterocycles. The van der Waals surface area contributed by atoms with E-state index in [1.807, 2.05) is 0 Å². The summed E-state index contributed by atoms with van der Waals surface area (Å²) in [6.45, 7) is 8.95. The van der Waals surface area contributed by atoms with E-state index in [0.29, 0.717) is 22.9 Å². The van der Waals surface area contributed by atoms with Gasteiger partial charge in [-0.05, 0) is 40.9 Å². The van der Waals surface area contributed by atoms with E-state index in [4.69, 9.17) is 17.4 Å². The maximum absolute atomic E-state index is 13.9. The summed E-state index contributed by atoms with van der Waals surface area (Å²) < 4.78 is 13.9. The fraction of sp³-hybridized carbons (Fsp3) is 0.600. The lowest BCUT2D eigenvalue weighted by molar-refractivity contribution is 0.397. The van der Waals surface area contributed by atoms with E-state index in [2.05, 4.69) is 33.1 Å². The number of hydrazine groups is 1. The van der Waals surface area contributed by atoms with Gasteiger partial charge in [-0.25, -0.2) is 4.39 Å². The summed E-state index contributed by atoms with van der Waals surface area (Å²) in [7, 11) is 0. The average molecular weight is 285 g/mol. The first kappa shape index (κ1) is 14.8. The molecule has 19 heavy (non-hydrogen) atoms. The minimum Gasteiger partial charge on any atom is -0.271 e. The van der Waals surface area contributed by atoms with Gasteiger partial charge in [0, 0.05) is 11.1 Å². The van der Waals surface area contributed by atoms with Crippen molar-refractivity contribution in [1.29, 1.82) is 0 Å². The lowest BCUT2D eigenvalue weighted by Gasteiger charge is -2.18. The highest BCUT2D eigenvalue weighted by Gasteiger charge is 2.66. The molecule has 0 aliphatic heterocycles. The highest BCUT2D eigenvalue weighted by molar-refractivity contribution is 6.30. The predicted molar refractivity (Wildman–Crippen MR) is 77.3 cm³/mol. The van der Waals surface area contributed by atoms with Crippen LogP contribution in [-0.2, 0) is 6.42 Å². The smallest absolute Gasteiger partial charge is 0.127 e.